The Hall–Kier alpha value is -6.79. The Kier molecular flexibility index (Phi) is 13.6. The average molecular weight is 679 g/mol. The highest BCUT2D eigenvalue weighted by Gasteiger charge is 2.13. The zero-order valence-electron chi connectivity index (χ0n) is 29.0. The third-order valence-electron chi connectivity index (χ3n) is 8.40. The van der Waals surface area contributed by atoms with Gasteiger partial charge in [-0.1, -0.05) is 104 Å². The third kappa shape index (κ3) is 10.9. The highest BCUT2D eigenvalue weighted by Crippen LogP contribution is 2.22. The number of carbonyl (C=O) groups excluding carboxylic acids is 1. The SMILES string of the molecule is C=COCCCCCCCCOC(=O)c1cc(C#Cc2ccc(-c3ccc(C#N)cc3)cc2)ccc1C#Cc1ccc(-c2ccc(C#N)cc2)cc1. The molecule has 5 heteroatoms. The van der Waals surface area contributed by atoms with Crippen LogP contribution in [0.15, 0.2) is 128 Å². The maximum atomic E-state index is 13.4. The van der Waals surface area contributed by atoms with Gasteiger partial charge in [-0.25, -0.2) is 4.79 Å². The van der Waals surface area contributed by atoms with Gasteiger partial charge in [-0.05, 0) is 102 Å². The van der Waals surface area contributed by atoms with E-state index < -0.39 is 5.97 Å². The predicted octanol–water partition coefficient (Wildman–Crippen LogP) is 10.2. The molecule has 0 N–H and O–H groups in total. The second kappa shape index (κ2) is 19.4. The first-order valence-corrected chi connectivity index (χ1v) is 17.4. The summed E-state index contributed by atoms with van der Waals surface area (Å²) in [4.78, 5) is 13.4. The molecule has 0 saturated heterocycles. The van der Waals surface area contributed by atoms with Crippen molar-refractivity contribution < 1.29 is 14.3 Å². The summed E-state index contributed by atoms with van der Waals surface area (Å²) >= 11 is 0. The number of rotatable bonds is 13. The molecule has 0 heterocycles. The van der Waals surface area contributed by atoms with Crippen LogP contribution in [0.3, 0.4) is 0 Å². The van der Waals surface area contributed by atoms with Crippen LogP contribution >= 0.6 is 0 Å². The number of hydrogen-bond donors (Lipinski definition) is 0. The molecule has 5 nitrogen and oxygen atoms in total. The molecule has 0 aliphatic carbocycles. The molecular weight excluding hydrogens is 641 g/mol. The molecule has 5 aromatic carbocycles. The van der Waals surface area contributed by atoms with E-state index in [0.717, 1.165) is 71.9 Å². The highest BCUT2D eigenvalue weighted by molar-refractivity contribution is 5.93. The third-order valence-corrected chi connectivity index (χ3v) is 8.40. The van der Waals surface area contributed by atoms with Crippen molar-refractivity contribution in [1.82, 2.24) is 0 Å². The lowest BCUT2D eigenvalue weighted by Gasteiger charge is -2.08. The topological polar surface area (TPSA) is 83.1 Å². The Morgan fingerprint density at radius 3 is 1.40 bits per heavy atom. The molecule has 0 aliphatic rings. The molecule has 0 radical (unpaired) electrons. The minimum Gasteiger partial charge on any atom is -0.502 e. The van der Waals surface area contributed by atoms with Gasteiger partial charge in [0, 0.05) is 22.3 Å². The highest BCUT2D eigenvalue weighted by atomic mass is 16.5. The fraction of sp³-hybridized carbons (Fsp3) is 0.170. The molecule has 52 heavy (non-hydrogen) atoms. The molecule has 0 saturated carbocycles. The average Bonchev–Trinajstić information content (AvgIpc) is 3.20. The molecule has 0 fully saturated rings. The van der Waals surface area contributed by atoms with Crippen LogP contribution in [0.25, 0.3) is 22.3 Å². The molecule has 0 unspecified atom stereocenters. The van der Waals surface area contributed by atoms with Crippen molar-refractivity contribution >= 4 is 5.97 Å². The van der Waals surface area contributed by atoms with Gasteiger partial charge in [0.2, 0.25) is 0 Å². The molecular formula is C47H38N2O3. The summed E-state index contributed by atoms with van der Waals surface area (Å²) in [6.07, 6.45) is 7.55. The first-order chi connectivity index (χ1) is 25.6. The summed E-state index contributed by atoms with van der Waals surface area (Å²) in [7, 11) is 0. The molecule has 0 bridgehead atoms. The van der Waals surface area contributed by atoms with Gasteiger partial charge in [0.1, 0.15) is 0 Å². The maximum absolute atomic E-state index is 13.4. The van der Waals surface area contributed by atoms with Crippen LogP contribution in [0.1, 0.15) is 82.3 Å². The summed E-state index contributed by atoms with van der Waals surface area (Å²) in [5.74, 6) is 12.4. The van der Waals surface area contributed by atoms with Crippen LogP contribution in [-0.4, -0.2) is 19.2 Å². The summed E-state index contributed by atoms with van der Waals surface area (Å²) in [5.41, 5.74) is 8.61. The lowest BCUT2D eigenvalue weighted by molar-refractivity contribution is 0.0497. The number of esters is 1. The van der Waals surface area contributed by atoms with Crippen molar-refractivity contribution in [3.8, 4) is 58.1 Å². The van der Waals surface area contributed by atoms with Crippen molar-refractivity contribution in [2.75, 3.05) is 13.2 Å². The number of nitrogens with zero attached hydrogens (tertiary/aromatic N) is 2. The van der Waals surface area contributed by atoms with Gasteiger partial charge < -0.3 is 9.47 Å². The second-order valence-electron chi connectivity index (χ2n) is 12.1. The van der Waals surface area contributed by atoms with E-state index in [0.29, 0.717) is 41.0 Å². The van der Waals surface area contributed by atoms with Gasteiger partial charge in [0.05, 0.1) is 48.3 Å². The number of carbonyl (C=O) groups is 1. The van der Waals surface area contributed by atoms with Crippen molar-refractivity contribution in [3.63, 3.8) is 0 Å². The van der Waals surface area contributed by atoms with E-state index in [2.05, 4.69) is 42.4 Å². The Balaban J connectivity index is 1.29. The molecule has 0 aliphatic heterocycles. The number of benzene rings is 5. The normalized spacial score (nSPS) is 9.96. The largest absolute Gasteiger partial charge is 0.502 e. The summed E-state index contributed by atoms with van der Waals surface area (Å²) < 4.78 is 10.9. The lowest BCUT2D eigenvalue weighted by Crippen LogP contribution is -2.09. The Labute approximate surface area is 306 Å². The van der Waals surface area contributed by atoms with Crippen LogP contribution in [0, 0.1) is 46.3 Å². The molecule has 254 valence electrons. The van der Waals surface area contributed by atoms with Gasteiger partial charge in [0.25, 0.3) is 0 Å². The van der Waals surface area contributed by atoms with Crippen LogP contribution in [0.5, 0.6) is 0 Å². The number of hydrogen-bond acceptors (Lipinski definition) is 5. The van der Waals surface area contributed by atoms with E-state index in [1.165, 1.54) is 6.26 Å². The Morgan fingerprint density at radius 1 is 0.519 bits per heavy atom. The number of nitriles is 2. The van der Waals surface area contributed by atoms with E-state index in [-0.39, 0.29) is 0 Å². The summed E-state index contributed by atoms with van der Waals surface area (Å²) in [6.45, 7) is 4.60. The van der Waals surface area contributed by atoms with Gasteiger partial charge in [-0.3, -0.25) is 0 Å². The van der Waals surface area contributed by atoms with Crippen molar-refractivity contribution in [2.24, 2.45) is 0 Å². The van der Waals surface area contributed by atoms with Crippen molar-refractivity contribution in [2.45, 2.75) is 38.5 Å². The quantitative estimate of drug-likeness (QED) is 0.0536. The second-order valence-corrected chi connectivity index (χ2v) is 12.1. The van der Waals surface area contributed by atoms with E-state index in [9.17, 15) is 4.79 Å². The van der Waals surface area contributed by atoms with Crippen LogP contribution in [0.2, 0.25) is 0 Å². The zero-order chi connectivity index (χ0) is 36.4. The van der Waals surface area contributed by atoms with Crippen molar-refractivity contribution in [1.29, 1.82) is 10.5 Å². The lowest BCUT2D eigenvalue weighted by atomic mass is 10.0. The maximum Gasteiger partial charge on any atom is 0.339 e. The van der Waals surface area contributed by atoms with Gasteiger partial charge >= 0.3 is 5.97 Å². The molecule has 0 spiro atoms. The molecule has 5 aromatic rings. The standard InChI is InChI=1S/C47H38N2O3/c1-2-51-31-7-5-3-4-6-8-32-52-47(50)46-33-38(10-9-36-11-21-41(22-12-36)43-25-17-39(34-48)18-26-43)16-30-45(46)29-15-37-13-23-42(24-14-37)44-27-19-40(35-49)20-28-44/h2,11-14,16-28,30,33H,1,3-8,31-32H2. The minimum absolute atomic E-state index is 0.337. The fourth-order valence-corrected chi connectivity index (χ4v) is 5.47. The number of ether oxygens (including phenoxy) is 2. The van der Waals surface area contributed by atoms with E-state index in [1.807, 2.05) is 84.9 Å². The summed E-state index contributed by atoms with van der Waals surface area (Å²) in [5, 5.41) is 18.2. The molecule has 0 amide bonds. The van der Waals surface area contributed by atoms with Crippen LogP contribution in [0.4, 0.5) is 0 Å². The predicted molar refractivity (Wildman–Crippen MR) is 206 cm³/mol. The molecule has 5 rings (SSSR count). The first-order valence-electron chi connectivity index (χ1n) is 17.4. The van der Waals surface area contributed by atoms with Crippen LogP contribution < -0.4 is 0 Å². The van der Waals surface area contributed by atoms with Gasteiger partial charge in [-0.15, -0.1) is 0 Å². The Morgan fingerprint density at radius 2 is 0.923 bits per heavy atom. The van der Waals surface area contributed by atoms with Crippen LogP contribution in [-0.2, 0) is 9.47 Å². The Bertz CT molecular complexity index is 2180. The van der Waals surface area contributed by atoms with E-state index >= 15 is 0 Å². The molecule has 0 atom stereocenters. The van der Waals surface area contributed by atoms with E-state index in [4.69, 9.17) is 20.0 Å². The van der Waals surface area contributed by atoms with E-state index in [1.54, 1.807) is 30.3 Å². The molecule has 0 aromatic heterocycles. The zero-order valence-corrected chi connectivity index (χ0v) is 29.0. The van der Waals surface area contributed by atoms with Crippen molar-refractivity contribution in [3.05, 3.63) is 167 Å². The number of unbranched alkanes of at least 4 members (excludes halogenated alkanes) is 5. The minimum atomic E-state index is -0.419. The van der Waals surface area contributed by atoms with Gasteiger partial charge in [0.15, 0.2) is 0 Å². The monoisotopic (exact) mass is 678 g/mol. The smallest absolute Gasteiger partial charge is 0.339 e. The van der Waals surface area contributed by atoms with Gasteiger partial charge in [-0.2, -0.15) is 10.5 Å². The first kappa shape index (κ1) is 36.5. The fourth-order valence-electron chi connectivity index (χ4n) is 5.47. The summed E-state index contributed by atoms with van der Waals surface area (Å²) in [6, 6.07) is 40.4.